The largest absolute Gasteiger partial charge is 0.500 e. The summed E-state index contributed by atoms with van der Waals surface area (Å²) in [5, 5.41) is 0. The first-order valence-corrected chi connectivity index (χ1v) is 12.2. The lowest BCUT2D eigenvalue weighted by Crippen LogP contribution is -2.74. The lowest BCUT2D eigenvalue weighted by Gasteiger charge is -2.42. The van der Waals surface area contributed by atoms with Crippen molar-refractivity contribution in [2.24, 2.45) is 0 Å². The van der Waals surface area contributed by atoms with Crippen molar-refractivity contribution < 1.29 is 87.9 Å². The number of rotatable bonds is 15. The van der Waals surface area contributed by atoms with Gasteiger partial charge in [0.1, 0.15) is 0 Å². The monoisotopic (exact) mass is 628 g/mol. The summed E-state index contributed by atoms with van der Waals surface area (Å²) in [7, 11) is -0.0382. The lowest BCUT2D eigenvalue weighted by atomic mass is 9.88. The minimum Gasteiger partial charge on any atom is -0.377 e. The van der Waals surface area contributed by atoms with Gasteiger partial charge in [0.2, 0.25) is 0 Å². The summed E-state index contributed by atoms with van der Waals surface area (Å²) in [5.74, 6) is -57.8. The molecule has 0 radical (unpaired) electrons. The summed E-state index contributed by atoms with van der Waals surface area (Å²) < 4.78 is 239. The van der Waals surface area contributed by atoms with E-state index < -0.39 is 68.6 Å². The maximum Gasteiger partial charge on any atom is 0.500 e. The summed E-state index contributed by atoms with van der Waals surface area (Å²) in [6.45, 7) is 0. The molecule has 37 heavy (non-hydrogen) atoms. The lowest BCUT2D eigenvalue weighted by molar-refractivity contribution is -0.461. The molecule has 0 bridgehead atoms. The Hall–Kier alpha value is -0.743. The van der Waals surface area contributed by atoms with Gasteiger partial charge in [-0.3, -0.25) is 0 Å². The highest BCUT2D eigenvalue weighted by molar-refractivity contribution is 7.99. The SMILES string of the molecule is CO[Si](CCSCCC(F)(F)C(F)(F)C(F)(F)C(F)(F)C(F)(F)C(F)(F)C(F)(F)C(F)(F)F)(OC)OC. The van der Waals surface area contributed by atoms with Gasteiger partial charge in [-0.25, -0.2) is 0 Å². The van der Waals surface area contributed by atoms with E-state index in [1.807, 2.05) is 0 Å². The number of halogens is 17. The van der Waals surface area contributed by atoms with Crippen LogP contribution in [0.5, 0.6) is 0 Å². The van der Waals surface area contributed by atoms with Crippen LogP contribution in [0.1, 0.15) is 6.42 Å². The van der Waals surface area contributed by atoms with Gasteiger partial charge in [-0.2, -0.15) is 86.4 Å². The molecule has 0 unspecified atom stereocenters. The number of hydrogen-bond acceptors (Lipinski definition) is 4. The van der Waals surface area contributed by atoms with E-state index in [4.69, 9.17) is 13.3 Å². The van der Waals surface area contributed by atoms with Gasteiger partial charge in [0.05, 0.1) is 0 Å². The predicted molar refractivity (Wildman–Crippen MR) is 94.2 cm³/mol. The van der Waals surface area contributed by atoms with Crippen LogP contribution < -0.4 is 0 Å². The average Bonchev–Trinajstić information content (AvgIpc) is 2.75. The van der Waals surface area contributed by atoms with Crippen molar-refractivity contribution in [1.82, 2.24) is 0 Å². The zero-order chi connectivity index (χ0) is 30.2. The maximum atomic E-state index is 13.8. The van der Waals surface area contributed by atoms with Gasteiger partial charge in [0.15, 0.2) is 0 Å². The standard InChI is InChI=1S/C15H17F17O3SSi/c1-33-37(34-2,35-3)7-6-36-5-4-8(16,17)9(18,19)10(20,21)11(22,23)12(24,25)13(26,27)14(28,29)15(30,31)32/h4-7H2,1-3H3. The highest BCUT2D eigenvalue weighted by Crippen LogP contribution is 2.64. The minimum atomic E-state index is -8.62. The zero-order valence-corrected chi connectivity index (χ0v) is 20.2. The summed E-state index contributed by atoms with van der Waals surface area (Å²) in [5.41, 5.74) is 0. The van der Waals surface area contributed by atoms with Crippen molar-refractivity contribution in [3.63, 3.8) is 0 Å². The van der Waals surface area contributed by atoms with Crippen LogP contribution in [0.15, 0.2) is 0 Å². The molecule has 0 rings (SSSR count). The van der Waals surface area contributed by atoms with Crippen molar-refractivity contribution in [1.29, 1.82) is 0 Å². The third kappa shape index (κ3) is 5.91. The Bertz CT molecular complexity index is 746. The molecule has 0 saturated heterocycles. The minimum absolute atomic E-state index is 0.202. The maximum absolute atomic E-state index is 13.8. The van der Waals surface area contributed by atoms with Gasteiger partial charge in [0.25, 0.3) is 0 Å². The molecule has 0 aliphatic heterocycles. The number of thioether (sulfide) groups is 1. The fourth-order valence-electron chi connectivity index (χ4n) is 2.41. The van der Waals surface area contributed by atoms with Crippen molar-refractivity contribution in [2.75, 3.05) is 32.8 Å². The average molecular weight is 628 g/mol. The molecule has 0 fully saturated rings. The van der Waals surface area contributed by atoms with E-state index in [-0.39, 0.29) is 23.6 Å². The van der Waals surface area contributed by atoms with Crippen molar-refractivity contribution in [3.8, 4) is 0 Å². The van der Waals surface area contributed by atoms with Crippen LogP contribution in [0.25, 0.3) is 0 Å². The molecule has 224 valence electrons. The van der Waals surface area contributed by atoms with Crippen molar-refractivity contribution in [3.05, 3.63) is 0 Å². The topological polar surface area (TPSA) is 27.7 Å². The Morgan fingerprint density at radius 3 is 1.14 bits per heavy atom. The van der Waals surface area contributed by atoms with E-state index in [1.165, 1.54) is 0 Å². The highest BCUT2D eigenvalue weighted by atomic mass is 32.2. The Morgan fingerprint density at radius 1 is 0.486 bits per heavy atom. The molecule has 0 amide bonds. The Balaban J connectivity index is 5.99. The number of hydrogen-bond donors (Lipinski definition) is 0. The normalized spacial score (nSPS) is 15.9. The molecule has 0 heterocycles. The molecule has 0 N–H and O–H groups in total. The fraction of sp³-hybridized carbons (Fsp3) is 1.00. The van der Waals surface area contributed by atoms with E-state index in [0.29, 0.717) is 0 Å². The second kappa shape index (κ2) is 11.0. The first-order valence-electron chi connectivity index (χ1n) is 9.08. The van der Waals surface area contributed by atoms with Crippen LogP contribution in [0.3, 0.4) is 0 Å². The molecule has 0 aromatic rings. The molecule has 0 aliphatic carbocycles. The fourth-order valence-corrected chi connectivity index (χ4v) is 5.70. The first kappa shape index (κ1) is 36.3. The predicted octanol–water partition coefficient (Wildman–Crippen LogP) is 7.00. The highest BCUT2D eigenvalue weighted by Gasteiger charge is 2.95. The molecule has 0 spiro atoms. The molecule has 0 aliphatic rings. The van der Waals surface area contributed by atoms with E-state index in [2.05, 4.69) is 0 Å². The summed E-state index contributed by atoms with van der Waals surface area (Å²) >= 11 is 0.260. The Labute approximate surface area is 202 Å². The van der Waals surface area contributed by atoms with E-state index in [1.54, 1.807) is 0 Å². The van der Waals surface area contributed by atoms with E-state index in [0.717, 1.165) is 21.3 Å². The van der Waals surface area contributed by atoms with Crippen molar-refractivity contribution in [2.45, 2.75) is 60.1 Å². The third-order valence-electron chi connectivity index (χ3n) is 4.83. The first-order chi connectivity index (χ1) is 16.1. The Morgan fingerprint density at radius 2 is 0.811 bits per heavy atom. The molecule has 22 heteroatoms. The van der Waals surface area contributed by atoms with Crippen LogP contribution in [0.2, 0.25) is 6.04 Å². The van der Waals surface area contributed by atoms with E-state index in [9.17, 15) is 74.6 Å². The third-order valence-corrected chi connectivity index (χ3v) is 8.91. The molecule has 0 aromatic carbocycles. The molecular formula is C15H17F17O3SSi. The molecule has 3 nitrogen and oxygen atoms in total. The number of alkyl halides is 17. The van der Waals surface area contributed by atoms with Gasteiger partial charge in [-0.15, -0.1) is 0 Å². The van der Waals surface area contributed by atoms with Gasteiger partial charge in [0, 0.05) is 33.8 Å². The Kier molecular flexibility index (Phi) is 10.8. The van der Waals surface area contributed by atoms with Crippen LogP contribution in [-0.2, 0) is 13.3 Å². The summed E-state index contributed by atoms with van der Waals surface area (Å²) in [6.07, 6.45) is -10.3. The second-order valence-corrected chi connectivity index (χ2v) is 11.4. The van der Waals surface area contributed by atoms with Gasteiger partial charge in [-0.05, 0) is 11.5 Å². The van der Waals surface area contributed by atoms with Gasteiger partial charge in [-0.1, -0.05) is 0 Å². The van der Waals surface area contributed by atoms with Gasteiger partial charge >= 0.3 is 56.4 Å². The summed E-state index contributed by atoms with van der Waals surface area (Å²) in [6, 6.07) is -0.202. The van der Waals surface area contributed by atoms with Gasteiger partial charge < -0.3 is 13.3 Å². The van der Waals surface area contributed by atoms with Crippen molar-refractivity contribution >= 4 is 20.6 Å². The molecular weight excluding hydrogens is 611 g/mol. The molecule has 0 atom stereocenters. The van der Waals surface area contributed by atoms with Crippen LogP contribution in [0.4, 0.5) is 74.6 Å². The second-order valence-electron chi connectivity index (χ2n) is 7.06. The quantitative estimate of drug-likeness (QED) is 0.111. The zero-order valence-electron chi connectivity index (χ0n) is 18.4. The smallest absolute Gasteiger partial charge is 0.377 e. The molecule has 0 saturated carbocycles. The van der Waals surface area contributed by atoms with Crippen LogP contribution >= 0.6 is 11.8 Å². The van der Waals surface area contributed by atoms with E-state index >= 15 is 0 Å². The molecule has 0 aromatic heterocycles. The van der Waals surface area contributed by atoms with Crippen LogP contribution in [0, 0.1) is 0 Å². The summed E-state index contributed by atoms with van der Waals surface area (Å²) in [4.78, 5) is 0. The van der Waals surface area contributed by atoms with Crippen LogP contribution in [-0.4, -0.2) is 89.3 Å².